The molecule has 0 radical (unpaired) electrons. The lowest BCUT2D eigenvalue weighted by atomic mass is 10.0. The molecule has 0 aromatic heterocycles. The highest BCUT2D eigenvalue weighted by Crippen LogP contribution is 2.16. The van der Waals surface area contributed by atoms with Crippen LogP contribution >= 0.6 is 0 Å². The van der Waals surface area contributed by atoms with Gasteiger partial charge in [0.05, 0.1) is 0 Å². The molecule has 2 aromatic rings. The molecule has 2 aliphatic heterocycles. The summed E-state index contributed by atoms with van der Waals surface area (Å²) >= 11 is 0. The summed E-state index contributed by atoms with van der Waals surface area (Å²) in [6.07, 6.45) is 1.08. The minimum atomic E-state index is -0.0817. The maximum Gasteiger partial charge on any atom is 0.298 e. The normalized spacial score (nSPS) is 16.0. The van der Waals surface area contributed by atoms with Crippen molar-refractivity contribution in [3.8, 4) is 23.7 Å². The molecule has 0 saturated carbocycles. The lowest BCUT2D eigenvalue weighted by Crippen LogP contribution is -2.50. The fraction of sp³-hybridized carbons (Fsp3) is 0.486. The summed E-state index contributed by atoms with van der Waals surface area (Å²) in [6.45, 7) is 21.1. The van der Waals surface area contributed by atoms with Crippen molar-refractivity contribution in [3.05, 3.63) is 68.8 Å². The molecule has 0 aliphatic carbocycles. The number of hydrogen-bond donors (Lipinski definition) is 0. The summed E-state index contributed by atoms with van der Waals surface area (Å²) in [4.78, 5) is 33.9. The van der Waals surface area contributed by atoms with E-state index in [-0.39, 0.29) is 11.8 Å². The van der Waals surface area contributed by atoms with Crippen molar-refractivity contribution in [2.75, 3.05) is 65.4 Å². The number of carbonyl (C=O) groups excluding carboxylic acids is 2. The van der Waals surface area contributed by atoms with Crippen molar-refractivity contribution in [2.45, 2.75) is 48.0 Å². The molecule has 0 spiro atoms. The monoisotopic (exact) mass is 552 g/mol. The first kappa shape index (κ1) is 30.4. The Morgan fingerprint density at radius 1 is 0.561 bits per heavy atom. The van der Waals surface area contributed by atoms with Gasteiger partial charge in [0.25, 0.3) is 11.8 Å². The molecule has 4 rings (SSSR count). The van der Waals surface area contributed by atoms with Crippen molar-refractivity contribution >= 4 is 11.8 Å². The van der Waals surface area contributed by atoms with Crippen LogP contribution in [0.1, 0.15) is 50.9 Å². The number of piperazine rings is 2. The zero-order chi connectivity index (χ0) is 29.5. The molecule has 216 valence electrons. The molecule has 0 bridgehead atoms. The molecule has 2 fully saturated rings. The first-order valence-corrected chi connectivity index (χ1v) is 14.8. The summed E-state index contributed by atoms with van der Waals surface area (Å²) in [6, 6.07) is 8.22. The van der Waals surface area contributed by atoms with E-state index in [1.807, 2.05) is 9.80 Å². The smallest absolute Gasteiger partial charge is 0.298 e. The molecule has 2 saturated heterocycles. The number of rotatable bonds is 4. The zero-order valence-electron chi connectivity index (χ0n) is 25.7. The number of carbonyl (C=O) groups is 2. The van der Waals surface area contributed by atoms with Gasteiger partial charge in [-0.15, -0.1) is 0 Å². The standard InChI is InChI=1S/C35H44N4O2/c1-26-22-32(23-27(2)30(26)5)8-10-34(40)38-18-14-36(15-19-38)12-7-13-37-16-20-39(21-17-37)35(41)11-9-33-24-28(3)31(6)29(4)25-33/h22-25H,7,12-21H2,1-6H3. The Balaban J connectivity index is 1.14. The van der Waals surface area contributed by atoms with Gasteiger partial charge >= 0.3 is 0 Å². The minimum Gasteiger partial charge on any atom is -0.329 e. The Hall–Kier alpha value is -3.58. The number of nitrogens with zero attached hydrogens (tertiary/aromatic N) is 4. The van der Waals surface area contributed by atoms with Crippen molar-refractivity contribution in [2.24, 2.45) is 0 Å². The Morgan fingerprint density at radius 2 is 0.878 bits per heavy atom. The fourth-order valence-electron chi connectivity index (χ4n) is 5.49. The van der Waals surface area contributed by atoms with Gasteiger partial charge in [-0.3, -0.25) is 19.4 Å². The van der Waals surface area contributed by atoms with Crippen LogP contribution in [-0.4, -0.2) is 96.9 Å². The SMILES string of the molecule is Cc1cc(C#CC(=O)N2CCN(CCCN3CCN(C(=O)C#Cc4cc(C)c(C)c(C)c4)CC3)CC2)cc(C)c1C. The molecule has 2 aliphatic rings. The molecular formula is C35H44N4O2. The van der Waals surface area contributed by atoms with Gasteiger partial charge in [0.1, 0.15) is 0 Å². The summed E-state index contributed by atoms with van der Waals surface area (Å²) in [5.74, 6) is 11.7. The summed E-state index contributed by atoms with van der Waals surface area (Å²) < 4.78 is 0. The highest BCUT2D eigenvalue weighted by atomic mass is 16.2. The van der Waals surface area contributed by atoms with Crippen LogP contribution in [-0.2, 0) is 9.59 Å². The molecule has 0 N–H and O–H groups in total. The fourth-order valence-corrected chi connectivity index (χ4v) is 5.49. The van der Waals surface area contributed by atoms with Gasteiger partial charge in [0.15, 0.2) is 0 Å². The van der Waals surface area contributed by atoms with Crippen LogP contribution in [0.3, 0.4) is 0 Å². The third kappa shape index (κ3) is 8.23. The molecular weight excluding hydrogens is 508 g/mol. The second-order valence-corrected chi connectivity index (χ2v) is 11.6. The molecule has 0 unspecified atom stereocenters. The van der Waals surface area contributed by atoms with Crippen LogP contribution in [0.4, 0.5) is 0 Å². The van der Waals surface area contributed by atoms with Gasteiger partial charge in [0, 0.05) is 75.3 Å². The van der Waals surface area contributed by atoms with Crippen molar-refractivity contribution < 1.29 is 9.59 Å². The second-order valence-electron chi connectivity index (χ2n) is 11.6. The quantitative estimate of drug-likeness (QED) is 0.544. The van der Waals surface area contributed by atoms with Gasteiger partial charge in [0.2, 0.25) is 0 Å². The van der Waals surface area contributed by atoms with Crippen LogP contribution in [0.5, 0.6) is 0 Å². The molecule has 2 aromatic carbocycles. The predicted octanol–water partition coefficient (Wildman–Crippen LogP) is 3.62. The lowest BCUT2D eigenvalue weighted by Gasteiger charge is -2.36. The Kier molecular flexibility index (Phi) is 10.3. The van der Waals surface area contributed by atoms with Crippen LogP contribution in [0.2, 0.25) is 0 Å². The largest absolute Gasteiger partial charge is 0.329 e. The van der Waals surface area contributed by atoms with E-state index in [9.17, 15) is 9.59 Å². The van der Waals surface area contributed by atoms with Gasteiger partial charge in [-0.2, -0.15) is 0 Å². The van der Waals surface area contributed by atoms with Gasteiger partial charge < -0.3 is 9.80 Å². The number of amides is 2. The number of hydrogen-bond acceptors (Lipinski definition) is 4. The third-order valence-corrected chi connectivity index (χ3v) is 8.75. The van der Waals surface area contributed by atoms with Crippen LogP contribution in [0.25, 0.3) is 0 Å². The first-order valence-electron chi connectivity index (χ1n) is 14.8. The Bertz CT molecular complexity index is 1250. The molecule has 2 heterocycles. The lowest BCUT2D eigenvalue weighted by molar-refractivity contribution is -0.127. The maximum absolute atomic E-state index is 12.7. The van der Waals surface area contributed by atoms with E-state index in [2.05, 4.69) is 99.3 Å². The van der Waals surface area contributed by atoms with E-state index in [1.54, 1.807) is 0 Å². The first-order chi connectivity index (χ1) is 19.6. The third-order valence-electron chi connectivity index (χ3n) is 8.75. The van der Waals surface area contributed by atoms with Crippen LogP contribution in [0, 0.1) is 65.2 Å². The average molecular weight is 553 g/mol. The van der Waals surface area contributed by atoms with Crippen molar-refractivity contribution in [1.29, 1.82) is 0 Å². The van der Waals surface area contributed by atoms with E-state index in [0.29, 0.717) is 0 Å². The summed E-state index contributed by atoms with van der Waals surface area (Å²) in [5, 5.41) is 0. The highest BCUT2D eigenvalue weighted by Gasteiger charge is 2.22. The van der Waals surface area contributed by atoms with Gasteiger partial charge in [-0.05, 0) is 119 Å². The summed E-state index contributed by atoms with van der Waals surface area (Å²) in [7, 11) is 0. The molecule has 41 heavy (non-hydrogen) atoms. The Morgan fingerprint density at radius 3 is 1.20 bits per heavy atom. The highest BCUT2D eigenvalue weighted by molar-refractivity contribution is 5.94. The van der Waals surface area contributed by atoms with E-state index < -0.39 is 0 Å². The zero-order valence-corrected chi connectivity index (χ0v) is 25.7. The molecule has 6 heteroatoms. The maximum atomic E-state index is 12.7. The Labute approximate surface area is 246 Å². The second kappa shape index (κ2) is 13.9. The predicted molar refractivity (Wildman–Crippen MR) is 166 cm³/mol. The van der Waals surface area contributed by atoms with Crippen LogP contribution in [0.15, 0.2) is 24.3 Å². The average Bonchev–Trinajstić information content (AvgIpc) is 2.96. The number of aryl methyl sites for hydroxylation is 4. The molecule has 2 amide bonds. The topological polar surface area (TPSA) is 47.1 Å². The van der Waals surface area contributed by atoms with Gasteiger partial charge in [-0.1, -0.05) is 11.8 Å². The molecule has 0 atom stereocenters. The van der Waals surface area contributed by atoms with E-state index in [4.69, 9.17) is 0 Å². The van der Waals surface area contributed by atoms with Crippen molar-refractivity contribution in [1.82, 2.24) is 19.6 Å². The minimum absolute atomic E-state index is 0.0817. The van der Waals surface area contributed by atoms with E-state index >= 15 is 0 Å². The van der Waals surface area contributed by atoms with E-state index in [0.717, 1.165) is 83.0 Å². The van der Waals surface area contributed by atoms with Crippen LogP contribution < -0.4 is 0 Å². The van der Waals surface area contributed by atoms with Gasteiger partial charge in [-0.25, -0.2) is 0 Å². The van der Waals surface area contributed by atoms with E-state index in [1.165, 1.54) is 33.4 Å². The molecule has 6 nitrogen and oxygen atoms in total. The summed E-state index contributed by atoms with van der Waals surface area (Å²) in [5.41, 5.74) is 9.20. The van der Waals surface area contributed by atoms with Crippen molar-refractivity contribution in [3.63, 3.8) is 0 Å². The number of benzene rings is 2.